The molecule has 0 saturated carbocycles. The predicted molar refractivity (Wildman–Crippen MR) is 97.6 cm³/mol. The van der Waals surface area contributed by atoms with Gasteiger partial charge in [0, 0.05) is 19.6 Å². The summed E-state index contributed by atoms with van der Waals surface area (Å²) in [6.07, 6.45) is 3.00. The summed E-state index contributed by atoms with van der Waals surface area (Å²) >= 11 is 0. The zero-order valence-corrected chi connectivity index (χ0v) is 14.2. The molecule has 1 fully saturated rings. The van der Waals surface area contributed by atoms with Crippen molar-refractivity contribution >= 4 is 5.91 Å². The Kier molecular flexibility index (Phi) is 6.02. The Balaban J connectivity index is 1.44. The van der Waals surface area contributed by atoms with Crippen LogP contribution in [0, 0.1) is 5.92 Å². The molecule has 0 spiro atoms. The van der Waals surface area contributed by atoms with Crippen LogP contribution in [-0.2, 0) is 17.8 Å². The Morgan fingerprint density at radius 2 is 1.67 bits per heavy atom. The van der Waals surface area contributed by atoms with Crippen LogP contribution < -0.4 is 5.32 Å². The second kappa shape index (κ2) is 8.65. The van der Waals surface area contributed by atoms with Crippen molar-refractivity contribution in [1.82, 2.24) is 10.2 Å². The minimum absolute atomic E-state index is 0.123. The van der Waals surface area contributed by atoms with E-state index in [4.69, 9.17) is 0 Å². The van der Waals surface area contributed by atoms with Crippen LogP contribution in [0.25, 0.3) is 0 Å². The number of benzene rings is 2. The van der Waals surface area contributed by atoms with Crippen LogP contribution in [-0.4, -0.2) is 30.4 Å². The second-order valence-electron chi connectivity index (χ2n) is 6.59. The topological polar surface area (TPSA) is 32.3 Å². The molecule has 0 bridgehead atoms. The Bertz CT molecular complexity index is 627. The Labute approximate surface area is 144 Å². The van der Waals surface area contributed by atoms with Crippen LogP contribution in [0.2, 0.25) is 0 Å². The monoisotopic (exact) mass is 322 g/mol. The molecule has 1 atom stereocenters. The maximum absolute atomic E-state index is 12.4. The normalized spacial score (nSPS) is 18.2. The van der Waals surface area contributed by atoms with Gasteiger partial charge in [0.05, 0.1) is 5.92 Å². The van der Waals surface area contributed by atoms with E-state index in [1.165, 1.54) is 11.1 Å². The molecule has 3 heteroatoms. The minimum Gasteiger partial charge on any atom is -0.355 e. The van der Waals surface area contributed by atoms with Crippen LogP contribution in [0.1, 0.15) is 24.0 Å². The van der Waals surface area contributed by atoms with E-state index in [0.29, 0.717) is 0 Å². The zero-order valence-electron chi connectivity index (χ0n) is 14.2. The van der Waals surface area contributed by atoms with Gasteiger partial charge >= 0.3 is 0 Å². The number of amides is 1. The van der Waals surface area contributed by atoms with Crippen LogP contribution in [0.4, 0.5) is 0 Å². The van der Waals surface area contributed by atoms with Gasteiger partial charge < -0.3 is 5.32 Å². The quantitative estimate of drug-likeness (QED) is 0.885. The van der Waals surface area contributed by atoms with Crippen molar-refractivity contribution in [2.75, 3.05) is 19.6 Å². The molecule has 1 aliphatic rings. The van der Waals surface area contributed by atoms with Gasteiger partial charge in [-0.05, 0) is 36.9 Å². The number of nitrogens with one attached hydrogen (secondary N) is 1. The van der Waals surface area contributed by atoms with E-state index in [9.17, 15) is 4.79 Å². The molecule has 3 rings (SSSR count). The fraction of sp³-hybridized carbons (Fsp3) is 0.381. The van der Waals surface area contributed by atoms with Crippen molar-refractivity contribution in [3.8, 4) is 0 Å². The highest BCUT2D eigenvalue weighted by molar-refractivity contribution is 5.78. The molecule has 1 aliphatic heterocycles. The van der Waals surface area contributed by atoms with Gasteiger partial charge in [0.25, 0.3) is 0 Å². The van der Waals surface area contributed by atoms with Crippen molar-refractivity contribution in [3.63, 3.8) is 0 Å². The predicted octanol–water partition coefficient (Wildman–Crippen LogP) is 3.26. The summed E-state index contributed by atoms with van der Waals surface area (Å²) in [5, 5.41) is 3.12. The summed E-state index contributed by atoms with van der Waals surface area (Å²) in [5.41, 5.74) is 2.59. The van der Waals surface area contributed by atoms with Crippen molar-refractivity contribution in [1.29, 1.82) is 0 Å². The lowest BCUT2D eigenvalue weighted by Gasteiger charge is -2.32. The highest BCUT2D eigenvalue weighted by Gasteiger charge is 2.25. The molecule has 0 aliphatic carbocycles. The number of carbonyl (C=O) groups is 1. The first kappa shape index (κ1) is 16.7. The third kappa shape index (κ3) is 4.93. The number of hydrogen-bond donors (Lipinski definition) is 1. The van der Waals surface area contributed by atoms with Gasteiger partial charge in [-0.2, -0.15) is 0 Å². The molecule has 1 N–H and O–H groups in total. The largest absolute Gasteiger partial charge is 0.355 e. The molecular weight excluding hydrogens is 296 g/mol. The van der Waals surface area contributed by atoms with Gasteiger partial charge in [-0.25, -0.2) is 0 Å². The maximum Gasteiger partial charge on any atom is 0.224 e. The number of rotatable bonds is 6. The van der Waals surface area contributed by atoms with Gasteiger partial charge in [0.2, 0.25) is 5.91 Å². The lowest BCUT2D eigenvalue weighted by atomic mass is 9.96. The third-order valence-electron chi connectivity index (χ3n) is 4.68. The van der Waals surface area contributed by atoms with E-state index >= 15 is 0 Å². The molecule has 126 valence electrons. The van der Waals surface area contributed by atoms with E-state index in [1.54, 1.807) is 0 Å². The standard InChI is InChI=1S/C21H26N2O/c24-21(22-14-13-18-8-3-1-4-9-18)20-12-7-15-23(17-20)16-19-10-5-2-6-11-19/h1-6,8-11,20H,7,12-17H2,(H,22,24)/t20-/m1/s1. The summed E-state index contributed by atoms with van der Waals surface area (Å²) in [7, 11) is 0. The van der Waals surface area contributed by atoms with Crippen LogP contribution >= 0.6 is 0 Å². The number of carbonyl (C=O) groups excluding carboxylic acids is 1. The Hall–Kier alpha value is -2.13. The van der Waals surface area contributed by atoms with Crippen molar-refractivity contribution in [3.05, 3.63) is 71.8 Å². The fourth-order valence-corrected chi connectivity index (χ4v) is 3.37. The SMILES string of the molecule is O=C(NCCc1ccccc1)[C@@H]1CCCN(Cc2ccccc2)C1. The highest BCUT2D eigenvalue weighted by Crippen LogP contribution is 2.18. The Morgan fingerprint density at radius 1 is 1.00 bits per heavy atom. The van der Waals surface area contributed by atoms with E-state index in [1.807, 2.05) is 24.3 Å². The van der Waals surface area contributed by atoms with Gasteiger partial charge in [-0.3, -0.25) is 9.69 Å². The molecule has 3 nitrogen and oxygen atoms in total. The Morgan fingerprint density at radius 3 is 2.38 bits per heavy atom. The number of hydrogen-bond acceptors (Lipinski definition) is 2. The minimum atomic E-state index is 0.123. The van der Waals surface area contributed by atoms with E-state index in [2.05, 4.69) is 46.6 Å². The molecule has 24 heavy (non-hydrogen) atoms. The maximum atomic E-state index is 12.4. The van der Waals surface area contributed by atoms with Crippen LogP contribution in [0.3, 0.4) is 0 Å². The van der Waals surface area contributed by atoms with E-state index in [-0.39, 0.29) is 11.8 Å². The van der Waals surface area contributed by atoms with Crippen molar-refractivity contribution < 1.29 is 4.79 Å². The number of nitrogens with zero attached hydrogens (tertiary/aromatic N) is 1. The summed E-state index contributed by atoms with van der Waals surface area (Å²) in [5.74, 6) is 0.335. The number of likely N-dealkylation sites (tertiary alicyclic amines) is 1. The van der Waals surface area contributed by atoms with E-state index in [0.717, 1.165) is 45.4 Å². The molecule has 1 amide bonds. The fourth-order valence-electron chi connectivity index (χ4n) is 3.37. The molecule has 1 heterocycles. The van der Waals surface area contributed by atoms with Crippen molar-refractivity contribution in [2.24, 2.45) is 5.92 Å². The molecule has 1 saturated heterocycles. The molecule has 2 aromatic rings. The molecule has 0 radical (unpaired) electrons. The summed E-state index contributed by atoms with van der Waals surface area (Å²) < 4.78 is 0. The first-order valence-electron chi connectivity index (χ1n) is 8.89. The third-order valence-corrected chi connectivity index (χ3v) is 4.68. The highest BCUT2D eigenvalue weighted by atomic mass is 16.1. The first-order chi connectivity index (χ1) is 11.8. The average molecular weight is 322 g/mol. The second-order valence-corrected chi connectivity index (χ2v) is 6.59. The van der Waals surface area contributed by atoms with Gasteiger partial charge in [0.15, 0.2) is 0 Å². The zero-order chi connectivity index (χ0) is 16.6. The summed E-state index contributed by atoms with van der Waals surface area (Å²) in [4.78, 5) is 14.9. The summed E-state index contributed by atoms with van der Waals surface area (Å²) in [6, 6.07) is 20.8. The average Bonchev–Trinajstić information content (AvgIpc) is 2.64. The van der Waals surface area contributed by atoms with Gasteiger partial charge in [0.1, 0.15) is 0 Å². The molecule has 2 aromatic carbocycles. The summed E-state index contributed by atoms with van der Waals surface area (Å²) in [6.45, 7) is 3.61. The van der Waals surface area contributed by atoms with Crippen LogP contribution in [0.5, 0.6) is 0 Å². The van der Waals surface area contributed by atoms with Gasteiger partial charge in [-0.15, -0.1) is 0 Å². The smallest absolute Gasteiger partial charge is 0.224 e. The van der Waals surface area contributed by atoms with Crippen LogP contribution in [0.15, 0.2) is 60.7 Å². The number of piperidine rings is 1. The molecular formula is C21H26N2O. The molecule has 0 unspecified atom stereocenters. The van der Waals surface area contributed by atoms with Gasteiger partial charge in [-0.1, -0.05) is 60.7 Å². The van der Waals surface area contributed by atoms with E-state index < -0.39 is 0 Å². The lowest BCUT2D eigenvalue weighted by molar-refractivity contribution is -0.126. The first-order valence-corrected chi connectivity index (χ1v) is 8.89. The lowest BCUT2D eigenvalue weighted by Crippen LogP contribution is -2.43. The molecule has 0 aromatic heterocycles. The van der Waals surface area contributed by atoms with Crippen molar-refractivity contribution in [2.45, 2.75) is 25.8 Å².